The van der Waals surface area contributed by atoms with Gasteiger partial charge in [-0.3, -0.25) is 19.2 Å². The number of nitrogen functional groups attached to an aromatic ring is 2. The molecule has 4 aliphatic rings. The van der Waals surface area contributed by atoms with E-state index in [0.29, 0.717) is 63.2 Å². The zero-order valence-electron chi connectivity index (χ0n) is 76.6. The predicted molar refractivity (Wildman–Crippen MR) is 521 cm³/mol. The van der Waals surface area contributed by atoms with Crippen LogP contribution in [0, 0.1) is 0 Å². The predicted octanol–water partition coefficient (Wildman–Crippen LogP) is 19.3. The van der Waals surface area contributed by atoms with E-state index in [1.165, 1.54) is 62.3 Å². The molecule has 136 heavy (non-hydrogen) atoms. The highest BCUT2D eigenvalue weighted by atomic mass is 19.4. The molecule has 0 aliphatic carbocycles. The number of fused-ring (bicyclic) bond motifs is 4. The lowest BCUT2D eigenvalue weighted by Crippen LogP contribution is -2.42. The standard InChI is InChI=1S/C27H25F3N4O.C27H31N7O.C26H23F3N4O.C25H26N6O/c1-33-14-11-22-24(33)26(34-12-3-2-4-13-34)32-25(31-22)20-9-5-7-18(15-20)16-23(35)19-8-6-10-21(17-19)27(28,29)30;1-32(2)21-9-13-34(14-10-21)27-25-22(11-12-33(25)3)30-26(31-27)19-6-4-5-18(15-19)16-23(35)20-7-8-24(28)29-17-20;1-32-13-10-21-23(32)25(33-11-2-3-12-33)31-24(30-21)19-8-4-6-17(14-19)15-22(34)18-7-5-9-20(16-18)26(27,28)29;1-30-13-10-20-23(30)25(31-11-3-2-4-12-31)29-24(28-20)18-7-5-6-17(14-18)15-21(32)19-8-9-22(26)27-16-19/h5-11,14-15,17H,2-4,12-13,16H2,1H3;4-8,11-12,15,17,21H,9-10,13-14,16H2,1-3H3,(H2,28,29);4-10,13-14,16H,2-3,11-12,15H2,1H3;5-10,13-14,16H,2-4,11-12,15H2,1H3,(H2,26,27). The van der Waals surface area contributed by atoms with Gasteiger partial charge >= 0.3 is 12.4 Å². The van der Waals surface area contributed by atoms with Crippen LogP contribution in [-0.4, -0.2) is 169 Å². The fourth-order valence-corrected chi connectivity index (χ4v) is 18.1. The molecular weight excluding hydrogens is 1730 g/mol. The molecule has 0 spiro atoms. The summed E-state index contributed by atoms with van der Waals surface area (Å²) in [6, 6.07) is 54.9. The molecule has 0 radical (unpaired) electrons. The van der Waals surface area contributed by atoms with Gasteiger partial charge < -0.3 is 54.2 Å². The van der Waals surface area contributed by atoms with Gasteiger partial charge in [-0.15, -0.1) is 0 Å². The van der Waals surface area contributed by atoms with Crippen molar-refractivity contribution in [3.63, 3.8) is 0 Å². The van der Waals surface area contributed by atoms with Gasteiger partial charge in [0.05, 0.1) is 33.2 Å². The maximum atomic E-state index is 13.0. The summed E-state index contributed by atoms with van der Waals surface area (Å²) in [4.78, 5) is 110. The number of aromatic nitrogens is 14. The Kier molecular flexibility index (Phi) is 27.7. The van der Waals surface area contributed by atoms with Crippen molar-refractivity contribution in [3.05, 3.63) is 287 Å². The second-order valence-electron chi connectivity index (χ2n) is 35.4. The van der Waals surface area contributed by atoms with Crippen LogP contribution in [0.1, 0.15) is 139 Å². The highest BCUT2D eigenvalue weighted by molar-refractivity contribution is 6.01. The fraction of sp³-hybridized carbons (Fsp3) is 0.295. The molecule has 4 saturated heterocycles. The van der Waals surface area contributed by atoms with Crippen LogP contribution >= 0.6 is 0 Å². The van der Waals surface area contributed by atoms with Crippen LogP contribution in [0.15, 0.2) is 231 Å². The quantitative estimate of drug-likeness (QED) is 0.0499. The van der Waals surface area contributed by atoms with E-state index >= 15 is 0 Å². The summed E-state index contributed by atoms with van der Waals surface area (Å²) in [5.41, 5.74) is 25.0. The Morgan fingerprint density at radius 3 is 0.875 bits per heavy atom. The first-order valence-corrected chi connectivity index (χ1v) is 45.8. The number of hydrogen-bond acceptors (Lipinski definition) is 21. The largest absolute Gasteiger partial charge is 0.416 e. The lowest BCUT2D eigenvalue weighted by molar-refractivity contribution is -0.138. The summed E-state index contributed by atoms with van der Waals surface area (Å²) >= 11 is 0. The van der Waals surface area contributed by atoms with Crippen molar-refractivity contribution in [3.8, 4) is 45.6 Å². The van der Waals surface area contributed by atoms with Crippen molar-refractivity contribution in [1.29, 1.82) is 0 Å². The molecule has 6 aromatic carbocycles. The number of carbonyl (C=O) groups excluding carboxylic acids is 4. The second-order valence-corrected chi connectivity index (χ2v) is 35.4. The molecular formula is C105H105F6N21O4. The highest BCUT2D eigenvalue weighted by Crippen LogP contribution is 2.39. The third-order valence-corrected chi connectivity index (χ3v) is 25.5. The maximum Gasteiger partial charge on any atom is 0.416 e. The third kappa shape index (κ3) is 21.5. The monoisotopic (exact) mass is 1840 g/mol. The van der Waals surface area contributed by atoms with Gasteiger partial charge in [-0.05, 0) is 198 Å². The summed E-state index contributed by atoms with van der Waals surface area (Å²) in [5, 5.41) is 0. The smallest absolute Gasteiger partial charge is 0.384 e. The van der Waals surface area contributed by atoms with Crippen LogP contribution < -0.4 is 31.1 Å². The van der Waals surface area contributed by atoms with E-state index in [4.69, 9.17) is 51.3 Å². The summed E-state index contributed by atoms with van der Waals surface area (Å²) in [5.74, 6) is 6.33. The fourth-order valence-electron chi connectivity index (χ4n) is 18.1. The SMILES string of the molecule is CN(C)C1CCN(c2nc(-c3cccc(CC(=O)c4ccc(N)nc4)c3)nc3ccn(C)c23)CC1.Cn1ccc2nc(-c3cccc(CC(=O)c4ccc(N)nc4)c3)nc(N3CCCCC3)c21.Cn1ccc2nc(-c3cccc(CC(=O)c4cccc(C(F)(F)F)c4)c3)nc(N3CCCC3)c21.Cn1ccc2nc(-c3cccc(CC(=O)c4cccc(C(F)(F)F)c4)c3)nc(N3CCCCC3)c21. The normalized spacial score (nSPS) is 14.4. The molecule has 14 heterocycles. The van der Waals surface area contributed by atoms with Gasteiger partial charge in [-0.25, -0.2) is 49.8 Å². The van der Waals surface area contributed by atoms with Gasteiger partial charge in [-0.1, -0.05) is 97.1 Å². The van der Waals surface area contributed by atoms with E-state index in [9.17, 15) is 45.5 Å². The summed E-state index contributed by atoms with van der Waals surface area (Å²) < 4.78 is 86.5. The highest BCUT2D eigenvalue weighted by Gasteiger charge is 2.34. The number of aryl methyl sites for hydroxylation is 4. The van der Waals surface area contributed by atoms with E-state index in [2.05, 4.69) is 57.7 Å². The molecule has 0 bridgehead atoms. The van der Waals surface area contributed by atoms with Crippen LogP contribution in [-0.2, 0) is 66.2 Å². The number of nitrogens with zero attached hydrogens (tertiary/aromatic N) is 19. The van der Waals surface area contributed by atoms with E-state index in [1.807, 2.05) is 171 Å². The molecule has 16 aromatic rings. The number of ketones is 4. The van der Waals surface area contributed by atoms with Crippen molar-refractivity contribution >= 4 is 102 Å². The molecule has 25 nitrogen and oxygen atoms in total. The molecule has 4 N–H and O–H groups in total. The first-order valence-electron chi connectivity index (χ1n) is 45.8. The Labute approximate surface area is 783 Å². The number of halogens is 6. The zero-order valence-corrected chi connectivity index (χ0v) is 76.6. The average molecular weight is 1840 g/mol. The molecule has 0 atom stereocenters. The Morgan fingerprint density at radius 1 is 0.331 bits per heavy atom. The van der Waals surface area contributed by atoms with E-state index in [-0.39, 0.29) is 59.9 Å². The van der Waals surface area contributed by atoms with E-state index in [0.717, 1.165) is 216 Å². The number of nitrogens with two attached hydrogens (primary N) is 2. The van der Waals surface area contributed by atoms with Crippen molar-refractivity contribution in [2.45, 2.75) is 108 Å². The minimum absolute atomic E-state index is 0.00136. The lowest BCUT2D eigenvalue weighted by atomic mass is 9.99. The number of hydrogen-bond donors (Lipinski definition) is 2. The van der Waals surface area contributed by atoms with Crippen molar-refractivity contribution in [1.82, 2.24) is 73.0 Å². The van der Waals surface area contributed by atoms with Crippen LogP contribution in [0.4, 0.5) is 61.2 Å². The maximum absolute atomic E-state index is 13.0. The molecule has 0 saturated carbocycles. The minimum Gasteiger partial charge on any atom is -0.384 e. The van der Waals surface area contributed by atoms with E-state index < -0.39 is 23.5 Å². The van der Waals surface area contributed by atoms with Crippen LogP contribution in [0.3, 0.4) is 0 Å². The summed E-state index contributed by atoms with van der Waals surface area (Å²) in [6.07, 6.45) is 14.2. The number of pyridine rings is 2. The minimum atomic E-state index is -4.49. The lowest BCUT2D eigenvalue weighted by Gasteiger charge is -2.36. The first-order chi connectivity index (χ1) is 65.5. The van der Waals surface area contributed by atoms with Gasteiger partial charge in [-0.2, -0.15) is 26.3 Å². The molecule has 20 rings (SSSR count). The first kappa shape index (κ1) is 92.9. The molecule has 0 amide bonds. The Hall–Kier alpha value is -14.9. The third-order valence-electron chi connectivity index (χ3n) is 25.5. The number of carbonyl (C=O) groups is 4. The van der Waals surface area contributed by atoms with Gasteiger partial charge in [0, 0.05) is 194 Å². The van der Waals surface area contributed by atoms with Crippen LogP contribution in [0.5, 0.6) is 0 Å². The van der Waals surface area contributed by atoms with Crippen LogP contribution in [0.2, 0.25) is 0 Å². The molecule has 31 heteroatoms. The molecule has 4 aliphatic heterocycles. The van der Waals surface area contributed by atoms with Crippen molar-refractivity contribution in [2.75, 3.05) is 97.5 Å². The Bertz CT molecular complexity index is 7060. The average Bonchev–Trinajstić information content (AvgIpc) is 1.56. The topological polar surface area (TPSA) is 285 Å². The number of benzene rings is 6. The molecule has 0 unspecified atom stereocenters. The van der Waals surface area contributed by atoms with Gasteiger partial charge in [0.2, 0.25) is 0 Å². The number of alkyl halides is 6. The van der Waals surface area contributed by atoms with Gasteiger partial charge in [0.15, 0.2) is 69.7 Å². The second kappa shape index (κ2) is 40.5. The van der Waals surface area contributed by atoms with Gasteiger partial charge in [0.25, 0.3) is 0 Å². The zero-order chi connectivity index (χ0) is 95.1. The van der Waals surface area contributed by atoms with Crippen LogP contribution in [0.25, 0.3) is 89.7 Å². The number of Topliss-reactive ketones (excluding diaryl/α,β-unsaturated/α-hetero) is 4. The number of anilines is 6. The summed E-state index contributed by atoms with van der Waals surface area (Å²) in [6.45, 7) is 7.74. The van der Waals surface area contributed by atoms with Crippen molar-refractivity contribution < 1.29 is 45.5 Å². The molecule has 4 fully saturated rings. The molecule has 10 aromatic heterocycles. The van der Waals surface area contributed by atoms with Crippen molar-refractivity contribution in [2.24, 2.45) is 28.2 Å². The summed E-state index contributed by atoms with van der Waals surface area (Å²) in [7, 11) is 12.3. The Balaban J connectivity index is 0.000000126. The van der Waals surface area contributed by atoms with E-state index in [1.54, 1.807) is 36.4 Å². The van der Waals surface area contributed by atoms with Gasteiger partial charge in [0.1, 0.15) is 33.7 Å². The molecule has 696 valence electrons. The number of rotatable bonds is 21. The Morgan fingerprint density at radius 2 is 0.603 bits per heavy atom. The number of piperidine rings is 3.